The van der Waals surface area contributed by atoms with Gasteiger partial charge in [0.05, 0.1) is 11.2 Å². The van der Waals surface area contributed by atoms with Gasteiger partial charge in [-0.3, -0.25) is 9.48 Å². The predicted octanol–water partition coefficient (Wildman–Crippen LogP) is 1.54. The molecule has 1 atom stereocenters. The lowest BCUT2D eigenvalue weighted by molar-refractivity contribution is -0.142. The summed E-state index contributed by atoms with van der Waals surface area (Å²) in [6.07, 6.45) is 3.67. The van der Waals surface area contributed by atoms with Crippen LogP contribution in [-0.4, -0.2) is 32.8 Å². The molecule has 6 nitrogen and oxygen atoms in total. The predicted molar refractivity (Wildman–Crippen MR) is 70.9 cm³/mol. The van der Waals surface area contributed by atoms with Crippen LogP contribution in [0.4, 0.5) is 0 Å². The summed E-state index contributed by atoms with van der Waals surface area (Å²) in [6, 6.07) is -0.839. The summed E-state index contributed by atoms with van der Waals surface area (Å²) < 4.78 is 1.54. The summed E-state index contributed by atoms with van der Waals surface area (Å²) in [7, 11) is 0. The van der Waals surface area contributed by atoms with Gasteiger partial charge in [0.2, 0.25) is 5.91 Å². The van der Waals surface area contributed by atoms with Crippen LogP contribution in [0.2, 0.25) is 5.02 Å². The highest BCUT2D eigenvalue weighted by molar-refractivity contribution is 6.30. The molecule has 0 radical (unpaired) electrons. The number of amides is 1. The highest BCUT2D eigenvalue weighted by Crippen LogP contribution is 2.07. The zero-order chi connectivity index (χ0) is 14.4. The van der Waals surface area contributed by atoms with Crippen LogP contribution < -0.4 is 5.32 Å². The Hall–Kier alpha value is -1.56. The fraction of sp³-hybridized carbons (Fsp3) is 0.583. The fourth-order valence-electron chi connectivity index (χ4n) is 1.64. The van der Waals surface area contributed by atoms with Gasteiger partial charge >= 0.3 is 5.97 Å². The van der Waals surface area contributed by atoms with Crippen molar-refractivity contribution in [2.75, 3.05) is 0 Å². The summed E-state index contributed by atoms with van der Waals surface area (Å²) >= 11 is 5.70. The summed E-state index contributed by atoms with van der Waals surface area (Å²) in [5, 5.41) is 16.0. The Bertz CT molecular complexity index is 445. The van der Waals surface area contributed by atoms with Crippen LogP contribution in [0.25, 0.3) is 0 Å². The lowest BCUT2D eigenvalue weighted by Crippen LogP contribution is -2.41. The van der Waals surface area contributed by atoms with Crippen molar-refractivity contribution in [3.63, 3.8) is 0 Å². The first-order chi connectivity index (χ1) is 8.88. The van der Waals surface area contributed by atoms with E-state index < -0.39 is 12.0 Å². The van der Waals surface area contributed by atoms with E-state index in [4.69, 9.17) is 16.7 Å². The Morgan fingerprint density at radius 1 is 1.53 bits per heavy atom. The summed E-state index contributed by atoms with van der Waals surface area (Å²) in [6.45, 7) is 4.19. The largest absolute Gasteiger partial charge is 0.480 e. The Morgan fingerprint density at radius 3 is 2.68 bits per heavy atom. The van der Waals surface area contributed by atoms with Crippen LogP contribution in [0.15, 0.2) is 12.4 Å². The van der Waals surface area contributed by atoms with E-state index >= 15 is 0 Å². The molecule has 1 rings (SSSR count). The number of carboxylic acid groups (broad SMARTS) is 1. The van der Waals surface area contributed by atoms with Crippen molar-refractivity contribution in [1.82, 2.24) is 15.1 Å². The second-order valence-corrected chi connectivity index (χ2v) is 5.20. The molecule has 2 N–H and O–H groups in total. The van der Waals surface area contributed by atoms with Gasteiger partial charge in [0.15, 0.2) is 0 Å². The molecular weight excluding hydrogens is 270 g/mol. The number of carboxylic acids is 1. The van der Waals surface area contributed by atoms with Crippen LogP contribution in [0.5, 0.6) is 0 Å². The van der Waals surface area contributed by atoms with E-state index in [1.54, 1.807) is 10.9 Å². The Balaban J connectivity index is 2.42. The molecule has 106 valence electrons. The Labute approximate surface area is 116 Å². The zero-order valence-corrected chi connectivity index (χ0v) is 11.7. The first kappa shape index (κ1) is 15.5. The quantitative estimate of drug-likeness (QED) is 0.797. The minimum Gasteiger partial charge on any atom is -0.480 e. The number of aliphatic carboxylic acids is 1. The molecule has 0 unspecified atom stereocenters. The van der Waals surface area contributed by atoms with E-state index in [1.807, 2.05) is 13.8 Å². The highest BCUT2D eigenvalue weighted by atomic mass is 35.5. The van der Waals surface area contributed by atoms with E-state index in [2.05, 4.69) is 10.4 Å². The lowest BCUT2D eigenvalue weighted by atomic mass is 10.0. The standard InChI is InChI=1S/C12H18ClN3O3/c1-8(2)5-10(12(18)19)15-11(17)3-4-16-7-9(13)6-14-16/h6-8,10H,3-5H2,1-2H3,(H,15,17)(H,18,19)/t10-/m0/s1. The number of nitrogens with one attached hydrogen (secondary N) is 1. The molecule has 1 heterocycles. The second kappa shape index (κ2) is 7.13. The average Bonchev–Trinajstić information content (AvgIpc) is 2.71. The SMILES string of the molecule is CC(C)C[C@H](NC(=O)CCn1cc(Cl)cn1)C(=O)O. The molecule has 0 bridgehead atoms. The number of rotatable bonds is 7. The molecular formula is C12H18ClN3O3. The molecule has 7 heteroatoms. The van der Waals surface area contributed by atoms with Crippen molar-refractivity contribution in [3.8, 4) is 0 Å². The van der Waals surface area contributed by atoms with Crippen molar-refractivity contribution in [2.45, 2.75) is 39.3 Å². The first-order valence-corrected chi connectivity index (χ1v) is 6.46. The monoisotopic (exact) mass is 287 g/mol. The van der Waals surface area contributed by atoms with E-state index in [9.17, 15) is 9.59 Å². The van der Waals surface area contributed by atoms with Crippen molar-refractivity contribution < 1.29 is 14.7 Å². The van der Waals surface area contributed by atoms with Crippen molar-refractivity contribution >= 4 is 23.5 Å². The minimum absolute atomic E-state index is 0.167. The Kier molecular flexibility index (Phi) is 5.82. The topological polar surface area (TPSA) is 84.2 Å². The number of nitrogens with zero attached hydrogens (tertiary/aromatic N) is 2. The Morgan fingerprint density at radius 2 is 2.21 bits per heavy atom. The van der Waals surface area contributed by atoms with Gasteiger partial charge in [-0.25, -0.2) is 4.79 Å². The van der Waals surface area contributed by atoms with Crippen LogP contribution in [0.3, 0.4) is 0 Å². The average molecular weight is 288 g/mol. The minimum atomic E-state index is -1.01. The van der Waals surface area contributed by atoms with Gasteiger partial charge < -0.3 is 10.4 Å². The molecule has 0 saturated heterocycles. The number of halogens is 1. The molecule has 0 aromatic carbocycles. The second-order valence-electron chi connectivity index (χ2n) is 4.76. The van der Waals surface area contributed by atoms with Gasteiger partial charge in [-0.1, -0.05) is 25.4 Å². The van der Waals surface area contributed by atoms with Crippen LogP contribution in [0, 0.1) is 5.92 Å². The number of carbonyl (C=O) groups is 2. The van der Waals surface area contributed by atoms with Gasteiger partial charge in [0.1, 0.15) is 6.04 Å². The summed E-state index contributed by atoms with van der Waals surface area (Å²) in [5.41, 5.74) is 0. The molecule has 0 spiro atoms. The fourth-order valence-corrected chi connectivity index (χ4v) is 1.79. The number of carbonyl (C=O) groups excluding carboxylic acids is 1. The number of hydrogen-bond donors (Lipinski definition) is 2. The van der Waals surface area contributed by atoms with Gasteiger partial charge in [-0.15, -0.1) is 0 Å². The van der Waals surface area contributed by atoms with Gasteiger partial charge in [-0.2, -0.15) is 5.10 Å². The molecule has 1 aromatic heterocycles. The smallest absolute Gasteiger partial charge is 0.326 e. The van der Waals surface area contributed by atoms with Crippen LogP contribution in [-0.2, 0) is 16.1 Å². The summed E-state index contributed by atoms with van der Waals surface area (Å²) in [4.78, 5) is 22.7. The summed E-state index contributed by atoms with van der Waals surface area (Å²) in [5.74, 6) is -1.12. The zero-order valence-electron chi connectivity index (χ0n) is 11.0. The molecule has 0 saturated carbocycles. The normalized spacial score (nSPS) is 12.4. The first-order valence-electron chi connectivity index (χ1n) is 6.08. The van der Waals surface area contributed by atoms with Crippen molar-refractivity contribution in [1.29, 1.82) is 0 Å². The van der Waals surface area contributed by atoms with Crippen LogP contribution in [0.1, 0.15) is 26.7 Å². The van der Waals surface area contributed by atoms with E-state index in [1.165, 1.54) is 6.20 Å². The van der Waals surface area contributed by atoms with Crippen molar-refractivity contribution in [2.24, 2.45) is 5.92 Å². The van der Waals surface area contributed by atoms with Crippen molar-refractivity contribution in [3.05, 3.63) is 17.4 Å². The molecule has 0 aliphatic carbocycles. The maximum atomic E-state index is 11.7. The van der Waals surface area contributed by atoms with Crippen LogP contribution >= 0.6 is 11.6 Å². The lowest BCUT2D eigenvalue weighted by Gasteiger charge is -2.16. The maximum absolute atomic E-state index is 11.7. The third-order valence-corrected chi connectivity index (χ3v) is 2.71. The van der Waals surface area contributed by atoms with E-state index in [0.717, 1.165) is 0 Å². The van der Waals surface area contributed by atoms with E-state index in [-0.39, 0.29) is 18.2 Å². The van der Waals surface area contributed by atoms with Gasteiger partial charge in [-0.05, 0) is 12.3 Å². The molecule has 19 heavy (non-hydrogen) atoms. The molecule has 0 aliphatic rings. The van der Waals surface area contributed by atoms with Gasteiger partial charge in [0, 0.05) is 19.2 Å². The molecule has 0 fully saturated rings. The number of hydrogen-bond acceptors (Lipinski definition) is 3. The molecule has 1 amide bonds. The third kappa shape index (κ3) is 5.74. The molecule has 0 aliphatic heterocycles. The van der Waals surface area contributed by atoms with E-state index in [0.29, 0.717) is 18.0 Å². The number of aryl methyl sites for hydroxylation is 1. The maximum Gasteiger partial charge on any atom is 0.326 e. The highest BCUT2D eigenvalue weighted by Gasteiger charge is 2.20. The third-order valence-electron chi connectivity index (χ3n) is 2.51. The van der Waals surface area contributed by atoms with Gasteiger partial charge in [0.25, 0.3) is 0 Å². The molecule has 1 aromatic rings. The number of aromatic nitrogens is 2.